The van der Waals surface area contributed by atoms with Gasteiger partial charge in [-0.05, 0) is 56.5 Å². The third-order valence-corrected chi connectivity index (χ3v) is 4.90. The van der Waals surface area contributed by atoms with Crippen molar-refractivity contribution in [3.05, 3.63) is 23.9 Å². The molecule has 0 aliphatic carbocycles. The minimum atomic E-state index is 0.110. The number of aryl methyl sites for hydroxylation is 1. The molecule has 2 N–H and O–H groups in total. The number of carbonyl (C=O) groups is 1. The second kappa shape index (κ2) is 8.44. The summed E-state index contributed by atoms with van der Waals surface area (Å²) in [5.74, 6) is 0.800. The summed E-state index contributed by atoms with van der Waals surface area (Å²) in [6.07, 6.45) is 7.37. The summed E-state index contributed by atoms with van der Waals surface area (Å²) in [4.78, 5) is 20.8. The average Bonchev–Trinajstić information content (AvgIpc) is 2.61. The molecule has 2 aliphatic heterocycles. The Kier molecular flexibility index (Phi) is 6.04. The quantitative estimate of drug-likeness (QED) is 0.880. The Bertz CT molecular complexity index is 546. The van der Waals surface area contributed by atoms with Crippen LogP contribution >= 0.6 is 0 Å². The van der Waals surface area contributed by atoms with Crippen LogP contribution in [0.1, 0.15) is 31.2 Å². The van der Waals surface area contributed by atoms with E-state index in [-0.39, 0.29) is 12.0 Å². The topological polar surface area (TPSA) is 71.7 Å². The predicted molar refractivity (Wildman–Crippen MR) is 93.6 cm³/mol. The van der Waals surface area contributed by atoms with Gasteiger partial charge in [0.25, 0.3) is 0 Å². The van der Waals surface area contributed by atoms with Gasteiger partial charge in [-0.25, -0.2) is 4.98 Å². The van der Waals surface area contributed by atoms with E-state index < -0.39 is 0 Å². The molecule has 3 heterocycles. The summed E-state index contributed by atoms with van der Waals surface area (Å²) in [5, 5.41) is 0. The molecule has 0 aromatic carbocycles. The van der Waals surface area contributed by atoms with Crippen LogP contribution in [-0.2, 0) is 16.0 Å². The Hall–Kier alpha value is -1.66. The normalized spacial score (nSPS) is 22.5. The highest BCUT2D eigenvalue weighted by Crippen LogP contribution is 2.15. The van der Waals surface area contributed by atoms with Gasteiger partial charge in [-0.3, -0.25) is 9.69 Å². The third-order valence-electron chi connectivity index (χ3n) is 4.90. The van der Waals surface area contributed by atoms with Gasteiger partial charge in [-0.15, -0.1) is 0 Å². The van der Waals surface area contributed by atoms with Crippen molar-refractivity contribution in [2.24, 2.45) is 0 Å². The lowest BCUT2D eigenvalue weighted by Crippen LogP contribution is -2.49. The number of piperidine rings is 1. The van der Waals surface area contributed by atoms with Gasteiger partial charge in [0, 0.05) is 19.3 Å². The van der Waals surface area contributed by atoms with Crippen LogP contribution in [0.25, 0.3) is 0 Å². The lowest BCUT2D eigenvalue weighted by Gasteiger charge is -2.35. The molecule has 3 rings (SSSR count). The second-order valence-electron chi connectivity index (χ2n) is 6.80. The van der Waals surface area contributed by atoms with Crippen LogP contribution in [0, 0.1) is 0 Å². The molecular weight excluding hydrogens is 304 g/mol. The first-order valence-corrected chi connectivity index (χ1v) is 9.03. The molecule has 132 valence electrons. The first-order chi connectivity index (χ1) is 11.7. The van der Waals surface area contributed by atoms with E-state index in [4.69, 9.17) is 10.5 Å². The number of hydrogen-bond donors (Lipinski definition) is 1. The Morgan fingerprint density at radius 1 is 1.29 bits per heavy atom. The van der Waals surface area contributed by atoms with Gasteiger partial charge in [-0.2, -0.15) is 0 Å². The van der Waals surface area contributed by atoms with Gasteiger partial charge in [0.05, 0.1) is 19.3 Å². The maximum absolute atomic E-state index is 12.5. The van der Waals surface area contributed by atoms with E-state index in [0.29, 0.717) is 32.1 Å². The van der Waals surface area contributed by atoms with E-state index in [1.54, 1.807) is 6.20 Å². The summed E-state index contributed by atoms with van der Waals surface area (Å²) in [6.45, 7) is 4.73. The number of likely N-dealkylation sites (tertiary alicyclic amines) is 1. The van der Waals surface area contributed by atoms with Crippen LogP contribution < -0.4 is 5.73 Å². The minimum absolute atomic E-state index is 0.110. The molecule has 1 amide bonds. The van der Waals surface area contributed by atoms with Crippen molar-refractivity contribution < 1.29 is 9.53 Å². The molecule has 1 aromatic rings. The lowest BCUT2D eigenvalue weighted by molar-refractivity contribution is -0.140. The van der Waals surface area contributed by atoms with Gasteiger partial charge in [-0.1, -0.05) is 6.42 Å². The molecule has 6 heteroatoms. The second-order valence-corrected chi connectivity index (χ2v) is 6.80. The molecule has 1 aromatic heterocycles. The van der Waals surface area contributed by atoms with Crippen molar-refractivity contribution in [2.75, 3.05) is 45.1 Å². The number of carbonyl (C=O) groups excluding carboxylic acids is 1. The standard InChI is InChI=1S/C18H28N4O2/c19-17-12-15(6-7-20-17)4-5-16-13-22(10-11-24-16)18(23)14-21-8-2-1-3-9-21/h6-7,12,16H,1-5,8-11,13-14H2,(H2,19,20)/t16-/m0/s1. The van der Waals surface area contributed by atoms with Crippen LogP contribution in [-0.4, -0.2) is 66.1 Å². The summed E-state index contributed by atoms with van der Waals surface area (Å²) >= 11 is 0. The molecule has 0 unspecified atom stereocenters. The molecule has 0 bridgehead atoms. The number of rotatable bonds is 5. The number of nitrogens with zero attached hydrogens (tertiary/aromatic N) is 3. The zero-order valence-corrected chi connectivity index (χ0v) is 14.3. The molecule has 2 fully saturated rings. The van der Waals surface area contributed by atoms with Crippen molar-refractivity contribution in [1.29, 1.82) is 0 Å². The van der Waals surface area contributed by atoms with E-state index in [1.165, 1.54) is 24.8 Å². The molecule has 2 saturated heterocycles. The van der Waals surface area contributed by atoms with Gasteiger partial charge in [0.1, 0.15) is 5.82 Å². The SMILES string of the molecule is Nc1cc(CC[C@H]2CN(C(=O)CN3CCCCC3)CCO2)ccn1. The summed E-state index contributed by atoms with van der Waals surface area (Å²) in [5.41, 5.74) is 6.89. The largest absolute Gasteiger partial charge is 0.384 e. The van der Waals surface area contributed by atoms with Crippen LogP contribution in [0.3, 0.4) is 0 Å². The molecule has 0 spiro atoms. The van der Waals surface area contributed by atoms with Gasteiger partial charge < -0.3 is 15.4 Å². The maximum atomic E-state index is 12.5. The summed E-state index contributed by atoms with van der Waals surface area (Å²) in [6, 6.07) is 3.89. The minimum Gasteiger partial charge on any atom is -0.384 e. The van der Waals surface area contributed by atoms with Crippen molar-refractivity contribution in [1.82, 2.24) is 14.8 Å². The van der Waals surface area contributed by atoms with Gasteiger partial charge in [0.2, 0.25) is 5.91 Å². The molecular formula is C18H28N4O2. The number of pyridine rings is 1. The van der Waals surface area contributed by atoms with Gasteiger partial charge in [0.15, 0.2) is 0 Å². The fourth-order valence-corrected chi connectivity index (χ4v) is 3.51. The van der Waals surface area contributed by atoms with E-state index in [0.717, 1.165) is 25.9 Å². The molecule has 2 aliphatic rings. The number of nitrogens with two attached hydrogens (primary N) is 1. The van der Waals surface area contributed by atoms with Crippen LogP contribution in [0.2, 0.25) is 0 Å². The highest BCUT2D eigenvalue weighted by atomic mass is 16.5. The first-order valence-electron chi connectivity index (χ1n) is 9.03. The number of anilines is 1. The molecule has 0 radical (unpaired) electrons. The zero-order valence-electron chi connectivity index (χ0n) is 14.3. The lowest BCUT2D eigenvalue weighted by atomic mass is 10.1. The third kappa shape index (κ3) is 4.92. The average molecular weight is 332 g/mol. The smallest absolute Gasteiger partial charge is 0.236 e. The van der Waals surface area contributed by atoms with Crippen LogP contribution in [0.15, 0.2) is 18.3 Å². The van der Waals surface area contributed by atoms with Crippen molar-refractivity contribution in [2.45, 2.75) is 38.2 Å². The molecule has 6 nitrogen and oxygen atoms in total. The zero-order chi connectivity index (χ0) is 16.8. The number of hydrogen-bond acceptors (Lipinski definition) is 5. The maximum Gasteiger partial charge on any atom is 0.236 e. The van der Waals surface area contributed by atoms with E-state index in [1.807, 2.05) is 17.0 Å². The number of morpholine rings is 1. The summed E-state index contributed by atoms with van der Waals surface area (Å²) in [7, 11) is 0. The van der Waals surface area contributed by atoms with Crippen LogP contribution in [0.5, 0.6) is 0 Å². The van der Waals surface area contributed by atoms with Crippen molar-refractivity contribution in [3.8, 4) is 0 Å². The van der Waals surface area contributed by atoms with Crippen molar-refractivity contribution in [3.63, 3.8) is 0 Å². The van der Waals surface area contributed by atoms with Gasteiger partial charge >= 0.3 is 0 Å². The molecule has 1 atom stereocenters. The first kappa shape index (κ1) is 17.2. The number of nitrogen functional groups attached to an aromatic ring is 1. The fourth-order valence-electron chi connectivity index (χ4n) is 3.51. The van der Waals surface area contributed by atoms with E-state index in [9.17, 15) is 4.79 Å². The van der Waals surface area contributed by atoms with E-state index in [2.05, 4.69) is 9.88 Å². The highest BCUT2D eigenvalue weighted by Gasteiger charge is 2.25. The number of ether oxygens (including phenoxy) is 1. The Labute approximate surface area is 144 Å². The Morgan fingerprint density at radius 2 is 2.12 bits per heavy atom. The number of aromatic nitrogens is 1. The van der Waals surface area contributed by atoms with E-state index >= 15 is 0 Å². The van der Waals surface area contributed by atoms with Crippen molar-refractivity contribution >= 4 is 11.7 Å². The molecule has 24 heavy (non-hydrogen) atoms. The number of amides is 1. The monoisotopic (exact) mass is 332 g/mol. The van der Waals surface area contributed by atoms with Crippen LogP contribution in [0.4, 0.5) is 5.82 Å². The fraction of sp³-hybridized carbons (Fsp3) is 0.667. The predicted octanol–water partition coefficient (Wildman–Crippen LogP) is 1.31. The molecule has 0 saturated carbocycles. The Morgan fingerprint density at radius 3 is 2.92 bits per heavy atom. The highest BCUT2D eigenvalue weighted by molar-refractivity contribution is 5.78. The summed E-state index contributed by atoms with van der Waals surface area (Å²) < 4.78 is 5.85. The Balaban J connectivity index is 1.45.